The Morgan fingerprint density at radius 2 is 1.59 bits per heavy atom. The van der Waals surface area contributed by atoms with Crippen molar-refractivity contribution >= 4 is 17.9 Å². The summed E-state index contributed by atoms with van der Waals surface area (Å²) < 4.78 is 4.75. The second-order valence-electron chi connectivity index (χ2n) is 6.90. The molecule has 3 N–H and O–H groups in total. The normalized spacial score (nSPS) is 11.4. The maximum atomic E-state index is 12.7. The molecule has 1 unspecified atom stereocenters. The highest BCUT2D eigenvalue weighted by molar-refractivity contribution is 5.94. The molecule has 0 aromatic heterocycles. The quantitative estimate of drug-likeness (QED) is 0.597. The summed E-state index contributed by atoms with van der Waals surface area (Å²) in [6, 6.07) is 15.5. The Morgan fingerprint density at radius 1 is 0.931 bits per heavy atom. The first kappa shape index (κ1) is 21.9. The zero-order chi connectivity index (χ0) is 21.2. The van der Waals surface area contributed by atoms with Crippen LogP contribution in [0.3, 0.4) is 0 Å². The third-order valence-corrected chi connectivity index (χ3v) is 4.19. The van der Waals surface area contributed by atoms with Crippen molar-refractivity contribution in [2.75, 3.05) is 7.11 Å². The van der Waals surface area contributed by atoms with Crippen LogP contribution in [0.15, 0.2) is 54.6 Å². The van der Waals surface area contributed by atoms with Crippen molar-refractivity contribution in [1.82, 2.24) is 16.0 Å². The summed E-state index contributed by atoms with van der Waals surface area (Å²) in [5.41, 5.74) is 2.16. The lowest BCUT2D eigenvalue weighted by atomic mass is 10.0. The molecule has 0 radical (unpaired) electrons. The van der Waals surface area contributed by atoms with Gasteiger partial charge in [-0.15, -0.1) is 0 Å². The van der Waals surface area contributed by atoms with Crippen molar-refractivity contribution in [3.8, 4) is 0 Å². The van der Waals surface area contributed by atoms with Crippen LogP contribution in [0.2, 0.25) is 0 Å². The first-order valence-corrected chi connectivity index (χ1v) is 9.45. The van der Waals surface area contributed by atoms with E-state index >= 15 is 0 Å². The number of carbonyl (C=O) groups excluding carboxylic acids is 3. The standard InChI is InChI=1S/C22H27N3O4/c1-15(2)24-22(28)23-14-16-9-11-18(12-10-16)21(27)25-19(13-20(26)29-3)17-7-5-4-6-8-17/h4-12,15,19H,13-14H2,1-3H3,(H,25,27)(H2,23,24,28). The van der Waals surface area contributed by atoms with Gasteiger partial charge in [0.05, 0.1) is 19.6 Å². The van der Waals surface area contributed by atoms with Crippen molar-refractivity contribution < 1.29 is 19.1 Å². The average molecular weight is 397 g/mol. The largest absolute Gasteiger partial charge is 0.469 e. The highest BCUT2D eigenvalue weighted by Gasteiger charge is 2.19. The van der Waals surface area contributed by atoms with E-state index in [9.17, 15) is 14.4 Å². The summed E-state index contributed by atoms with van der Waals surface area (Å²) in [7, 11) is 1.32. The lowest BCUT2D eigenvalue weighted by Crippen LogP contribution is -2.39. The van der Waals surface area contributed by atoms with Crippen molar-refractivity contribution in [2.45, 2.75) is 38.9 Å². The number of hydrogen-bond acceptors (Lipinski definition) is 4. The van der Waals surface area contributed by atoms with E-state index in [4.69, 9.17) is 4.74 Å². The Labute approximate surface area is 170 Å². The predicted molar refractivity (Wildman–Crippen MR) is 110 cm³/mol. The summed E-state index contributed by atoms with van der Waals surface area (Å²) in [5.74, 6) is -0.694. The number of methoxy groups -OCH3 is 1. The molecule has 2 rings (SSSR count). The average Bonchev–Trinajstić information content (AvgIpc) is 2.72. The molecule has 0 fully saturated rings. The van der Waals surface area contributed by atoms with Crippen molar-refractivity contribution in [1.29, 1.82) is 0 Å². The molecule has 0 aliphatic heterocycles. The first-order chi connectivity index (χ1) is 13.9. The number of esters is 1. The highest BCUT2D eigenvalue weighted by atomic mass is 16.5. The second-order valence-corrected chi connectivity index (χ2v) is 6.90. The highest BCUT2D eigenvalue weighted by Crippen LogP contribution is 2.18. The molecule has 0 heterocycles. The van der Waals surface area contributed by atoms with Gasteiger partial charge in [0.1, 0.15) is 0 Å². The van der Waals surface area contributed by atoms with Crippen molar-refractivity contribution in [2.24, 2.45) is 0 Å². The molecule has 154 valence electrons. The second kappa shape index (κ2) is 10.8. The minimum absolute atomic E-state index is 0.0409. The van der Waals surface area contributed by atoms with Gasteiger partial charge in [0.25, 0.3) is 5.91 Å². The number of amides is 3. The number of ether oxygens (including phenoxy) is 1. The van der Waals surface area contributed by atoms with Gasteiger partial charge in [-0.2, -0.15) is 0 Å². The molecule has 29 heavy (non-hydrogen) atoms. The number of rotatable bonds is 8. The molecule has 0 bridgehead atoms. The van der Waals surface area contributed by atoms with Crippen LogP contribution >= 0.6 is 0 Å². The molecule has 1 atom stereocenters. The molecule has 3 amide bonds. The topological polar surface area (TPSA) is 96.5 Å². The Bertz CT molecular complexity index is 820. The molecule has 7 heteroatoms. The molecule has 0 spiro atoms. The van der Waals surface area contributed by atoms with Crippen LogP contribution in [0.25, 0.3) is 0 Å². The fourth-order valence-corrected chi connectivity index (χ4v) is 2.70. The Hall–Kier alpha value is -3.35. The number of urea groups is 1. The lowest BCUT2D eigenvalue weighted by molar-refractivity contribution is -0.141. The van der Waals surface area contributed by atoms with Crippen LogP contribution < -0.4 is 16.0 Å². The van der Waals surface area contributed by atoms with Crippen molar-refractivity contribution in [3.63, 3.8) is 0 Å². The van der Waals surface area contributed by atoms with Gasteiger partial charge in [0.15, 0.2) is 0 Å². The van der Waals surface area contributed by atoms with E-state index in [1.807, 2.05) is 44.2 Å². The van der Waals surface area contributed by atoms with E-state index in [0.29, 0.717) is 12.1 Å². The fourth-order valence-electron chi connectivity index (χ4n) is 2.70. The Balaban J connectivity index is 2.00. The third kappa shape index (κ3) is 7.29. The SMILES string of the molecule is COC(=O)CC(NC(=O)c1ccc(CNC(=O)NC(C)C)cc1)c1ccccc1. The van der Waals surface area contributed by atoms with Crippen LogP contribution in [-0.4, -0.2) is 31.1 Å². The third-order valence-electron chi connectivity index (χ3n) is 4.19. The summed E-state index contributed by atoms with van der Waals surface area (Å²) in [4.78, 5) is 36.0. The van der Waals surface area contributed by atoms with E-state index < -0.39 is 12.0 Å². The van der Waals surface area contributed by atoms with Gasteiger partial charge in [-0.25, -0.2) is 4.79 Å². The molecule has 2 aromatic rings. The maximum absolute atomic E-state index is 12.7. The molecule has 0 aliphatic rings. The van der Waals surface area contributed by atoms with Gasteiger partial charge in [-0.05, 0) is 37.1 Å². The van der Waals surface area contributed by atoms with E-state index in [-0.39, 0.29) is 24.4 Å². The molecule has 0 saturated heterocycles. The molecular formula is C22H27N3O4. The van der Waals surface area contributed by atoms with Crippen LogP contribution in [0.4, 0.5) is 4.79 Å². The number of nitrogens with one attached hydrogen (secondary N) is 3. The Kier molecular flexibility index (Phi) is 8.21. The zero-order valence-corrected chi connectivity index (χ0v) is 16.9. The van der Waals surface area contributed by atoms with Gasteiger partial charge >= 0.3 is 12.0 Å². The smallest absolute Gasteiger partial charge is 0.315 e. The first-order valence-electron chi connectivity index (χ1n) is 9.45. The minimum Gasteiger partial charge on any atom is -0.469 e. The fraction of sp³-hybridized carbons (Fsp3) is 0.318. The van der Waals surface area contributed by atoms with Crippen LogP contribution in [0.5, 0.6) is 0 Å². The van der Waals surface area contributed by atoms with Gasteiger partial charge < -0.3 is 20.7 Å². The van der Waals surface area contributed by atoms with Gasteiger partial charge in [-0.1, -0.05) is 42.5 Å². The molecule has 0 aliphatic carbocycles. The number of carbonyl (C=O) groups is 3. The minimum atomic E-state index is -0.489. The Morgan fingerprint density at radius 3 is 2.17 bits per heavy atom. The predicted octanol–water partition coefficient (Wildman–Crippen LogP) is 2.93. The summed E-state index contributed by atoms with van der Waals surface area (Å²) in [6.07, 6.45) is 0.0409. The molecule has 2 aromatic carbocycles. The van der Waals surface area contributed by atoms with Gasteiger partial charge in [0, 0.05) is 18.2 Å². The maximum Gasteiger partial charge on any atom is 0.315 e. The van der Waals surface area contributed by atoms with Crippen LogP contribution in [0.1, 0.15) is 47.8 Å². The van der Waals surface area contributed by atoms with Gasteiger partial charge in [0.2, 0.25) is 0 Å². The van der Waals surface area contributed by atoms with E-state index in [2.05, 4.69) is 16.0 Å². The van der Waals surface area contributed by atoms with Crippen LogP contribution in [-0.2, 0) is 16.1 Å². The summed E-state index contributed by atoms with van der Waals surface area (Å²) in [5, 5.41) is 8.39. The number of hydrogen-bond donors (Lipinski definition) is 3. The van der Waals surface area contributed by atoms with Crippen molar-refractivity contribution in [3.05, 3.63) is 71.3 Å². The lowest BCUT2D eigenvalue weighted by Gasteiger charge is -2.18. The van der Waals surface area contributed by atoms with E-state index in [0.717, 1.165) is 11.1 Å². The summed E-state index contributed by atoms with van der Waals surface area (Å²) in [6.45, 7) is 4.13. The van der Waals surface area contributed by atoms with Gasteiger partial charge in [-0.3, -0.25) is 9.59 Å². The number of benzene rings is 2. The van der Waals surface area contributed by atoms with E-state index in [1.165, 1.54) is 7.11 Å². The summed E-state index contributed by atoms with van der Waals surface area (Å²) >= 11 is 0. The van der Waals surface area contributed by atoms with E-state index in [1.54, 1.807) is 24.3 Å². The molecule has 0 saturated carbocycles. The molecule has 7 nitrogen and oxygen atoms in total. The monoisotopic (exact) mass is 397 g/mol. The zero-order valence-electron chi connectivity index (χ0n) is 16.9. The molecular weight excluding hydrogens is 370 g/mol. The van der Waals surface area contributed by atoms with Crippen LogP contribution in [0, 0.1) is 0 Å².